The van der Waals surface area contributed by atoms with E-state index in [1.807, 2.05) is 6.92 Å². The predicted molar refractivity (Wildman–Crippen MR) is 94.4 cm³/mol. The van der Waals surface area contributed by atoms with E-state index in [4.69, 9.17) is 0 Å². The molecule has 130 valence electrons. The molecule has 2 N–H and O–H groups in total. The first-order chi connectivity index (χ1) is 12.0. The summed E-state index contributed by atoms with van der Waals surface area (Å²) in [5.41, 5.74) is 1.61. The van der Waals surface area contributed by atoms with Crippen LogP contribution < -0.4 is 10.6 Å². The highest BCUT2D eigenvalue weighted by Gasteiger charge is 2.09. The van der Waals surface area contributed by atoms with E-state index < -0.39 is 0 Å². The van der Waals surface area contributed by atoms with Crippen LogP contribution in [0, 0.1) is 5.82 Å². The van der Waals surface area contributed by atoms with E-state index in [0.29, 0.717) is 23.1 Å². The Kier molecular flexibility index (Phi) is 6.39. The van der Waals surface area contributed by atoms with Gasteiger partial charge in [0.1, 0.15) is 5.82 Å². The molecule has 0 aliphatic rings. The minimum atomic E-state index is -0.297. The van der Waals surface area contributed by atoms with Gasteiger partial charge in [-0.1, -0.05) is 18.2 Å². The number of nitrogens with one attached hydrogen (secondary N) is 2. The number of aromatic nitrogens is 1. The van der Waals surface area contributed by atoms with Gasteiger partial charge in [-0.05, 0) is 42.7 Å². The molecule has 0 fully saturated rings. The highest BCUT2D eigenvalue weighted by Crippen LogP contribution is 2.09. The van der Waals surface area contributed by atoms with Gasteiger partial charge < -0.3 is 10.6 Å². The Balaban J connectivity index is 1.94. The van der Waals surface area contributed by atoms with E-state index in [1.54, 1.807) is 36.5 Å². The summed E-state index contributed by atoms with van der Waals surface area (Å²) < 4.78 is 13.6. The summed E-state index contributed by atoms with van der Waals surface area (Å²) >= 11 is 0. The molecule has 5 nitrogen and oxygen atoms in total. The molecule has 25 heavy (non-hydrogen) atoms. The first kappa shape index (κ1) is 18.3. The largest absolute Gasteiger partial charge is 0.355 e. The summed E-state index contributed by atoms with van der Waals surface area (Å²) in [7, 11) is 1.54. The van der Waals surface area contributed by atoms with Crippen LogP contribution in [0.2, 0.25) is 0 Å². The number of nitrogens with zero attached hydrogens (tertiary/aromatic N) is 1. The molecule has 1 unspecified atom stereocenters. The fraction of sp³-hybridized carbons (Fsp3) is 0.211. The highest BCUT2D eigenvalue weighted by atomic mass is 19.1. The number of halogens is 1. The predicted octanol–water partition coefficient (Wildman–Crippen LogP) is 2.34. The molecule has 0 bridgehead atoms. The van der Waals surface area contributed by atoms with Crippen LogP contribution in [0.4, 0.5) is 4.39 Å². The monoisotopic (exact) mass is 341 g/mol. The Morgan fingerprint density at radius 1 is 1.28 bits per heavy atom. The second-order valence-electron chi connectivity index (χ2n) is 5.62. The van der Waals surface area contributed by atoms with E-state index in [1.165, 1.54) is 25.4 Å². The molecule has 2 aromatic rings. The minimum Gasteiger partial charge on any atom is -0.355 e. The summed E-state index contributed by atoms with van der Waals surface area (Å²) in [6.45, 7) is 1.81. The number of carbonyl (C=O) groups excluding carboxylic acids is 2. The van der Waals surface area contributed by atoms with Gasteiger partial charge in [0.15, 0.2) is 0 Å². The van der Waals surface area contributed by atoms with Crippen LogP contribution in [0.3, 0.4) is 0 Å². The van der Waals surface area contributed by atoms with Crippen LogP contribution in [-0.2, 0) is 11.2 Å². The lowest BCUT2D eigenvalue weighted by molar-refractivity contribution is -0.117. The van der Waals surface area contributed by atoms with Crippen molar-refractivity contribution in [3.05, 3.63) is 71.3 Å². The Bertz CT molecular complexity index is 790. The van der Waals surface area contributed by atoms with Gasteiger partial charge in [-0.15, -0.1) is 0 Å². The zero-order valence-corrected chi connectivity index (χ0v) is 14.1. The molecule has 1 atom stereocenters. The third-order valence-electron chi connectivity index (χ3n) is 3.55. The molecule has 0 saturated heterocycles. The molecule has 2 amide bonds. The second kappa shape index (κ2) is 8.73. The Labute approximate surface area is 146 Å². The van der Waals surface area contributed by atoms with Crippen molar-refractivity contribution < 1.29 is 14.0 Å². The molecule has 0 aliphatic carbocycles. The minimum absolute atomic E-state index is 0.218. The van der Waals surface area contributed by atoms with Crippen molar-refractivity contribution in [2.45, 2.75) is 19.4 Å². The van der Waals surface area contributed by atoms with Gasteiger partial charge in [0, 0.05) is 31.6 Å². The average Bonchev–Trinajstić information content (AvgIpc) is 2.61. The molecule has 2 rings (SSSR count). The van der Waals surface area contributed by atoms with Crippen LogP contribution in [0.25, 0.3) is 6.08 Å². The number of amides is 2. The number of carbonyl (C=O) groups is 2. The van der Waals surface area contributed by atoms with Gasteiger partial charge >= 0.3 is 0 Å². The Hall–Kier alpha value is -3.02. The number of benzene rings is 1. The van der Waals surface area contributed by atoms with Crippen molar-refractivity contribution in [2.75, 3.05) is 7.05 Å². The fourth-order valence-corrected chi connectivity index (χ4v) is 2.33. The maximum atomic E-state index is 13.6. The van der Waals surface area contributed by atoms with Crippen LogP contribution in [0.15, 0.2) is 48.8 Å². The molecule has 0 radical (unpaired) electrons. The van der Waals surface area contributed by atoms with Crippen molar-refractivity contribution in [3.8, 4) is 0 Å². The SMILES string of the molecule is CNC(=O)c1cncc(/C=C/C(=O)NC(C)Cc2ccccc2F)c1. The average molecular weight is 341 g/mol. The Morgan fingerprint density at radius 3 is 2.76 bits per heavy atom. The van der Waals surface area contributed by atoms with E-state index in [-0.39, 0.29) is 23.7 Å². The molecule has 0 saturated carbocycles. The van der Waals surface area contributed by atoms with E-state index in [9.17, 15) is 14.0 Å². The summed E-state index contributed by atoms with van der Waals surface area (Å²) in [5.74, 6) is -0.823. The lowest BCUT2D eigenvalue weighted by Gasteiger charge is -2.13. The van der Waals surface area contributed by atoms with Gasteiger partial charge in [0.2, 0.25) is 5.91 Å². The maximum Gasteiger partial charge on any atom is 0.252 e. The summed E-state index contributed by atoms with van der Waals surface area (Å²) in [5, 5.41) is 5.30. The third-order valence-corrected chi connectivity index (χ3v) is 3.55. The zero-order valence-electron chi connectivity index (χ0n) is 14.1. The van der Waals surface area contributed by atoms with Crippen molar-refractivity contribution in [1.29, 1.82) is 0 Å². The molecule has 1 heterocycles. The molecular weight excluding hydrogens is 321 g/mol. The highest BCUT2D eigenvalue weighted by molar-refractivity contribution is 5.95. The number of hydrogen-bond donors (Lipinski definition) is 2. The number of rotatable bonds is 6. The van der Waals surface area contributed by atoms with Crippen molar-refractivity contribution in [2.24, 2.45) is 0 Å². The molecule has 6 heteroatoms. The van der Waals surface area contributed by atoms with Crippen molar-refractivity contribution in [3.63, 3.8) is 0 Å². The van der Waals surface area contributed by atoms with Crippen molar-refractivity contribution in [1.82, 2.24) is 15.6 Å². The van der Waals surface area contributed by atoms with Crippen LogP contribution in [0.1, 0.15) is 28.4 Å². The number of pyridine rings is 1. The topological polar surface area (TPSA) is 71.1 Å². The second-order valence-corrected chi connectivity index (χ2v) is 5.62. The fourth-order valence-electron chi connectivity index (χ4n) is 2.33. The smallest absolute Gasteiger partial charge is 0.252 e. The van der Waals surface area contributed by atoms with Crippen molar-refractivity contribution >= 4 is 17.9 Å². The first-order valence-electron chi connectivity index (χ1n) is 7.88. The molecule has 0 aliphatic heterocycles. The molecule has 0 spiro atoms. The Morgan fingerprint density at radius 2 is 2.04 bits per heavy atom. The van der Waals surface area contributed by atoms with Gasteiger partial charge in [-0.3, -0.25) is 14.6 Å². The molecule has 1 aromatic carbocycles. The quantitative estimate of drug-likeness (QED) is 0.792. The van der Waals surface area contributed by atoms with Crippen LogP contribution in [0.5, 0.6) is 0 Å². The molecule has 1 aromatic heterocycles. The van der Waals surface area contributed by atoms with Crippen LogP contribution in [-0.4, -0.2) is 29.9 Å². The van der Waals surface area contributed by atoms with E-state index in [2.05, 4.69) is 15.6 Å². The van der Waals surface area contributed by atoms with Gasteiger partial charge in [-0.25, -0.2) is 4.39 Å². The van der Waals surface area contributed by atoms with E-state index >= 15 is 0 Å². The lowest BCUT2D eigenvalue weighted by Crippen LogP contribution is -2.32. The summed E-state index contributed by atoms with van der Waals surface area (Å²) in [4.78, 5) is 27.5. The zero-order chi connectivity index (χ0) is 18.2. The first-order valence-corrected chi connectivity index (χ1v) is 7.88. The van der Waals surface area contributed by atoms with Gasteiger partial charge in [0.05, 0.1) is 5.56 Å². The van der Waals surface area contributed by atoms with Gasteiger partial charge in [-0.2, -0.15) is 0 Å². The number of hydrogen-bond acceptors (Lipinski definition) is 3. The van der Waals surface area contributed by atoms with E-state index in [0.717, 1.165) is 0 Å². The summed E-state index contributed by atoms with van der Waals surface area (Å²) in [6, 6.07) is 7.91. The van der Waals surface area contributed by atoms with Gasteiger partial charge in [0.25, 0.3) is 5.91 Å². The third kappa shape index (κ3) is 5.53. The lowest BCUT2D eigenvalue weighted by atomic mass is 10.1. The van der Waals surface area contributed by atoms with Crippen LogP contribution >= 0.6 is 0 Å². The molecular formula is C19H20FN3O2. The summed E-state index contributed by atoms with van der Waals surface area (Å²) in [6.07, 6.45) is 6.35. The normalized spacial score (nSPS) is 12.0. The maximum absolute atomic E-state index is 13.6. The standard InChI is InChI=1S/C19H20FN3O2/c1-13(9-15-5-3-4-6-17(15)20)23-18(24)8-7-14-10-16(12-22-11-14)19(25)21-2/h3-8,10-13H,9H2,1-2H3,(H,21,25)(H,23,24)/b8-7+.